The summed E-state index contributed by atoms with van der Waals surface area (Å²) < 4.78 is 22.7. The number of sulfone groups is 1. The second-order valence-electron chi connectivity index (χ2n) is 5.25. The Morgan fingerprint density at radius 2 is 2.15 bits per heavy atom. The fourth-order valence-corrected chi connectivity index (χ4v) is 4.42. The summed E-state index contributed by atoms with van der Waals surface area (Å²) in [4.78, 5) is 15.1. The van der Waals surface area contributed by atoms with Crippen molar-refractivity contribution >= 4 is 26.6 Å². The van der Waals surface area contributed by atoms with Crippen LogP contribution in [0.25, 0.3) is 10.9 Å². The number of hydrogen-bond acceptors (Lipinski definition) is 3. The Morgan fingerprint density at radius 3 is 2.85 bits per heavy atom. The summed E-state index contributed by atoms with van der Waals surface area (Å²) in [6.07, 6.45) is 0.634. The van der Waals surface area contributed by atoms with Crippen molar-refractivity contribution in [1.82, 2.24) is 10.3 Å². The molecule has 2 heterocycles. The van der Waals surface area contributed by atoms with Crippen LogP contribution in [0.15, 0.2) is 30.3 Å². The summed E-state index contributed by atoms with van der Waals surface area (Å²) in [7, 11) is -2.89. The van der Waals surface area contributed by atoms with Gasteiger partial charge in [-0.05, 0) is 24.5 Å². The molecule has 3 rings (SSSR count). The number of aromatic amines is 1. The molecule has 0 aliphatic carbocycles. The van der Waals surface area contributed by atoms with Crippen LogP contribution in [-0.2, 0) is 9.84 Å². The van der Waals surface area contributed by atoms with E-state index < -0.39 is 9.84 Å². The monoisotopic (exact) mass is 292 g/mol. The van der Waals surface area contributed by atoms with E-state index in [4.69, 9.17) is 0 Å². The van der Waals surface area contributed by atoms with Gasteiger partial charge in [0.15, 0.2) is 9.84 Å². The minimum atomic E-state index is -2.89. The van der Waals surface area contributed by atoms with E-state index in [-0.39, 0.29) is 23.3 Å². The lowest BCUT2D eigenvalue weighted by Gasteiger charge is -2.08. The highest BCUT2D eigenvalue weighted by atomic mass is 32.2. The van der Waals surface area contributed by atoms with Crippen LogP contribution in [0.4, 0.5) is 0 Å². The molecule has 0 spiro atoms. The summed E-state index contributed by atoms with van der Waals surface area (Å²) in [5.41, 5.74) is 1.42. The predicted molar refractivity (Wildman–Crippen MR) is 77.4 cm³/mol. The predicted octanol–water partition coefficient (Wildman–Crippen LogP) is 1.33. The number of rotatable bonds is 3. The third kappa shape index (κ3) is 2.70. The standard InChI is InChI=1S/C14H16N2O3S/c17-14(15-8-10-5-6-20(18,19)9-10)13-7-11-3-1-2-4-12(11)16-13/h1-4,7,10,16H,5-6,8-9H2,(H,15,17)/t10-/m1/s1. The molecule has 5 nitrogen and oxygen atoms in total. The van der Waals surface area contributed by atoms with Crippen LogP contribution in [0, 0.1) is 5.92 Å². The average Bonchev–Trinajstić information content (AvgIpc) is 2.99. The van der Waals surface area contributed by atoms with Gasteiger partial charge < -0.3 is 10.3 Å². The molecule has 0 saturated carbocycles. The van der Waals surface area contributed by atoms with Crippen molar-refractivity contribution in [3.63, 3.8) is 0 Å². The molecule has 0 bridgehead atoms. The number of amides is 1. The van der Waals surface area contributed by atoms with Gasteiger partial charge in [-0.15, -0.1) is 0 Å². The molecule has 1 fully saturated rings. The normalized spacial score (nSPS) is 21.1. The molecule has 1 aliphatic rings. The highest BCUT2D eigenvalue weighted by molar-refractivity contribution is 7.91. The SMILES string of the molecule is O=C(NC[C@H]1CCS(=O)(=O)C1)c1cc2ccccc2[nH]1. The highest BCUT2D eigenvalue weighted by Crippen LogP contribution is 2.18. The molecule has 6 heteroatoms. The Morgan fingerprint density at radius 1 is 1.35 bits per heavy atom. The number of nitrogens with one attached hydrogen (secondary N) is 2. The Kier molecular flexibility index (Phi) is 3.25. The van der Waals surface area contributed by atoms with E-state index in [0.29, 0.717) is 18.7 Å². The van der Waals surface area contributed by atoms with Gasteiger partial charge >= 0.3 is 0 Å². The van der Waals surface area contributed by atoms with Gasteiger partial charge in [0.05, 0.1) is 11.5 Å². The van der Waals surface area contributed by atoms with Gasteiger partial charge in [-0.25, -0.2) is 8.42 Å². The molecule has 1 amide bonds. The van der Waals surface area contributed by atoms with Crippen LogP contribution in [-0.4, -0.2) is 37.4 Å². The van der Waals surface area contributed by atoms with Crippen molar-refractivity contribution in [2.75, 3.05) is 18.1 Å². The van der Waals surface area contributed by atoms with Gasteiger partial charge in [0.1, 0.15) is 5.69 Å². The molecule has 1 atom stereocenters. The first kappa shape index (κ1) is 13.2. The first-order valence-electron chi connectivity index (χ1n) is 6.60. The average molecular weight is 292 g/mol. The van der Waals surface area contributed by atoms with E-state index in [1.165, 1.54) is 0 Å². The zero-order valence-electron chi connectivity index (χ0n) is 10.9. The maximum absolute atomic E-state index is 12.0. The molecule has 0 radical (unpaired) electrons. The molecule has 106 valence electrons. The fraction of sp³-hybridized carbons (Fsp3) is 0.357. The number of carbonyl (C=O) groups excluding carboxylic acids is 1. The van der Waals surface area contributed by atoms with Gasteiger partial charge in [0.2, 0.25) is 0 Å². The zero-order valence-corrected chi connectivity index (χ0v) is 11.7. The number of benzene rings is 1. The molecule has 1 aromatic heterocycles. The number of aromatic nitrogens is 1. The van der Waals surface area contributed by atoms with Gasteiger partial charge in [0.25, 0.3) is 5.91 Å². The van der Waals surface area contributed by atoms with E-state index in [1.54, 1.807) is 6.07 Å². The Balaban J connectivity index is 1.65. The number of hydrogen-bond donors (Lipinski definition) is 2. The van der Waals surface area contributed by atoms with Crippen LogP contribution in [0.1, 0.15) is 16.9 Å². The third-order valence-corrected chi connectivity index (χ3v) is 5.49. The molecule has 2 aromatic rings. The van der Waals surface area contributed by atoms with E-state index in [1.807, 2.05) is 24.3 Å². The van der Waals surface area contributed by atoms with Crippen molar-refractivity contribution in [1.29, 1.82) is 0 Å². The quantitative estimate of drug-likeness (QED) is 0.896. The minimum Gasteiger partial charge on any atom is -0.351 e. The third-order valence-electron chi connectivity index (χ3n) is 3.65. The van der Waals surface area contributed by atoms with E-state index in [2.05, 4.69) is 10.3 Å². The summed E-state index contributed by atoms with van der Waals surface area (Å²) in [6.45, 7) is 0.410. The van der Waals surface area contributed by atoms with Gasteiger partial charge in [0, 0.05) is 17.4 Å². The highest BCUT2D eigenvalue weighted by Gasteiger charge is 2.28. The second-order valence-corrected chi connectivity index (χ2v) is 7.48. The minimum absolute atomic E-state index is 0.0355. The Hall–Kier alpha value is -1.82. The van der Waals surface area contributed by atoms with Crippen LogP contribution in [0.3, 0.4) is 0 Å². The molecule has 2 N–H and O–H groups in total. The van der Waals surface area contributed by atoms with Crippen LogP contribution >= 0.6 is 0 Å². The summed E-state index contributed by atoms with van der Waals surface area (Å²) in [5.74, 6) is 0.263. The van der Waals surface area contributed by atoms with Gasteiger partial charge in [-0.3, -0.25) is 4.79 Å². The number of fused-ring (bicyclic) bond motifs is 1. The number of H-pyrrole nitrogens is 1. The molecule has 20 heavy (non-hydrogen) atoms. The van der Waals surface area contributed by atoms with Gasteiger partial charge in [-0.2, -0.15) is 0 Å². The van der Waals surface area contributed by atoms with Crippen LogP contribution in [0.5, 0.6) is 0 Å². The lowest BCUT2D eigenvalue weighted by Crippen LogP contribution is -2.30. The van der Waals surface area contributed by atoms with Crippen LogP contribution < -0.4 is 5.32 Å². The fourth-order valence-electron chi connectivity index (χ4n) is 2.56. The largest absolute Gasteiger partial charge is 0.351 e. The molecule has 0 unspecified atom stereocenters. The number of carbonyl (C=O) groups is 1. The lowest BCUT2D eigenvalue weighted by atomic mass is 10.1. The van der Waals surface area contributed by atoms with E-state index in [9.17, 15) is 13.2 Å². The van der Waals surface area contributed by atoms with Crippen LogP contribution in [0.2, 0.25) is 0 Å². The molecule has 1 saturated heterocycles. The molecular weight excluding hydrogens is 276 g/mol. The van der Waals surface area contributed by atoms with Crippen molar-refractivity contribution < 1.29 is 13.2 Å². The Bertz CT molecular complexity index is 716. The first-order valence-corrected chi connectivity index (χ1v) is 8.42. The van der Waals surface area contributed by atoms with Crippen molar-refractivity contribution in [2.24, 2.45) is 5.92 Å². The van der Waals surface area contributed by atoms with Gasteiger partial charge in [-0.1, -0.05) is 18.2 Å². The lowest BCUT2D eigenvalue weighted by molar-refractivity contribution is 0.0944. The Labute approximate surface area is 117 Å². The van der Waals surface area contributed by atoms with Crippen molar-refractivity contribution in [2.45, 2.75) is 6.42 Å². The maximum atomic E-state index is 12.0. The van der Waals surface area contributed by atoms with E-state index in [0.717, 1.165) is 10.9 Å². The smallest absolute Gasteiger partial charge is 0.267 e. The molecular formula is C14H16N2O3S. The summed E-state index contributed by atoms with van der Waals surface area (Å²) >= 11 is 0. The maximum Gasteiger partial charge on any atom is 0.267 e. The summed E-state index contributed by atoms with van der Waals surface area (Å²) in [6, 6.07) is 9.48. The first-order chi connectivity index (χ1) is 9.53. The van der Waals surface area contributed by atoms with E-state index >= 15 is 0 Å². The second kappa shape index (κ2) is 4.94. The van der Waals surface area contributed by atoms with Crippen molar-refractivity contribution in [3.05, 3.63) is 36.0 Å². The van der Waals surface area contributed by atoms with Crippen molar-refractivity contribution in [3.8, 4) is 0 Å². The molecule has 1 aromatic carbocycles. The number of para-hydroxylation sites is 1. The zero-order chi connectivity index (χ0) is 14.2. The molecule has 1 aliphatic heterocycles. The summed E-state index contributed by atoms with van der Waals surface area (Å²) in [5, 5.41) is 3.79. The topological polar surface area (TPSA) is 79.0 Å².